The van der Waals surface area contributed by atoms with Crippen LogP contribution in [0.4, 0.5) is 0 Å². The number of benzene rings is 7. The van der Waals surface area contributed by atoms with Gasteiger partial charge in [-0.3, -0.25) is 4.52 Å². The molecule has 1 heterocycles. The highest BCUT2D eigenvalue weighted by molar-refractivity contribution is 7.79. The summed E-state index contributed by atoms with van der Waals surface area (Å²) in [5.74, 6) is 2.80. The average Bonchev–Trinajstić information content (AvgIpc) is 3.23. The van der Waals surface area contributed by atoms with Gasteiger partial charge in [0, 0.05) is 0 Å². The zero-order chi connectivity index (χ0) is 47.1. The molecule has 0 bridgehead atoms. The van der Waals surface area contributed by atoms with Crippen molar-refractivity contribution < 1.29 is 36.2 Å². The summed E-state index contributed by atoms with van der Waals surface area (Å²) in [7, 11) is -17.3. The van der Waals surface area contributed by atoms with E-state index in [0.717, 1.165) is 38.9 Å². The second kappa shape index (κ2) is 20.5. The average molecular weight is 975 g/mol. The van der Waals surface area contributed by atoms with E-state index in [1.165, 1.54) is 0 Å². The highest BCUT2D eigenvalue weighted by Gasteiger charge is 2.49. The molecule has 0 radical (unpaired) electrons. The largest absolute Gasteiger partial charge is 0.460 e. The minimum absolute atomic E-state index is 0.0796. The first-order chi connectivity index (χ1) is 32.2. The van der Waals surface area contributed by atoms with Crippen molar-refractivity contribution in [2.75, 3.05) is 6.61 Å². The molecule has 0 saturated carbocycles. The van der Waals surface area contributed by atoms with E-state index in [-0.39, 0.29) is 6.61 Å². The molecule has 1 aliphatic rings. The van der Waals surface area contributed by atoms with E-state index < -0.39 is 30.6 Å². The fourth-order valence-electron chi connectivity index (χ4n) is 6.87. The first-order valence-electron chi connectivity index (χ1n) is 21.7. The molecule has 0 amide bonds. The maximum absolute atomic E-state index is 7.22. The Hall–Kier alpha value is -5.98. The topological polar surface area (TPSA) is 123 Å². The molecule has 1 aliphatic heterocycles. The molecule has 0 N–H and O–H groups in total. The van der Waals surface area contributed by atoms with Gasteiger partial charge in [-0.25, -0.2) is 0 Å². The fraction of sp³-hybridized carbons (Fsp3) is 0.176. The Balaban J connectivity index is 1.60. The van der Waals surface area contributed by atoms with Crippen molar-refractivity contribution in [2.45, 2.75) is 55.4 Å². The lowest BCUT2D eigenvalue weighted by Crippen LogP contribution is -2.10. The molecule has 67 heavy (non-hydrogen) atoms. The van der Waals surface area contributed by atoms with E-state index in [0.29, 0.717) is 40.2 Å². The number of hydrogen-bond acceptors (Lipinski definition) is 12. The number of aryl methyl sites for hydroxylation is 7. The van der Waals surface area contributed by atoms with Crippen LogP contribution in [0.25, 0.3) is 0 Å². The van der Waals surface area contributed by atoms with Crippen LogP contribution in [0.1, 0.15) is 45.9 Å². The normalized spacial score (nSPS) is 16.8. The second-order valence-corrected chi connectivity index (χ2v) is 24.4. The molecule has 7 aromatic carbocycles. The SMILES string of the molecule is CCOP1(Oc2cccc(C)c2)=NP(Oc2cccc(C)c2)(Oc2cccc(C)c2)=NP(Oc2cccc(C)c2)(Oc2cccc(C)c2)=NP(Oc2cccc(C)c2)(Oc2cccc(C)c2)=N1. The van der Waals surface area contributed by atoms with Crippen molar-refractivity contribution in [1.29, 1.82) is 0 Å². The van der Waals surface area contributed by atoms with Crippen LogP contribution in [-0.4, -0.2) is 6.61 Å². The van der Waals surface area contributed by atoms with Gasteiger partial charge in [-0.05, 0) is 179 Å². The molecule has 7 aromatic rings. The van der Waals surface area contributed by atoms with Crippen molar-refractivity contribution in [3.8, 4) is 40.2 Å². The van der Waals surface area contributed by atoms with Crippen molar-refractivity contribution in [3.63, 3.8) is 0 Å². The van der Waals surface area contributed by atoms with Gasteiger partial charge in [-0.15, -0.1) is 9.03 Å². The molecule has 0 saturated heterocycles. The lowest BCUT2D eigenvalue weighted by Gasteiger charge is -2.33. The monoisotopic (exact) mass is 974 g/mol. The van der Waals surface area contributed by atoms with Gasteiger partial charge >= 0.3 is 30.6 Å². The lowest BCUT2D eigenvalue weighted by atomic mass is 10.2. The van der Waals surface area contributed by atoms with Gasteiger partial charge in [0.05, 0.1) is 6.61 Å². The minimum atomic E-state index is -4.38. The molecule has 8 rings (SSSR count). The molecule has 1 unspecified atom stereocenters. The highest BCUT2D eigenvalue weighted by atomic mass is 31.3. The summed E-state index contributed by atoms with van der Waals surface area (Å²) in [5.41, 5.74) is 6.45. The van der Waals surface area contributed by atoms with Gasteiger partial charge in [0.15, 0.2) is 0 Å². The van der Waals surface area contributed by atoms with E-state index in [1.807, 2.05) is 225 Å². The third-order valence-corrected chi connectivity index (χ3v) is 20.7. The van der Waals surface area contributed by atoms with Gasteiger partial charge < -0.3 is 31.7 Å². The summed E-state index contributed by atoms with van der Waals surface area (Å²) in [5, 5.41) is 0. The van der Waals surface area contributed by atoms with E-state index in [1.54, 1.807) is 0 Å². The quantitative estimate of drug-likeness (QED) is 0.0877. The van der Waals surface area contributed by atoms with Crippen LogP contribution in [0.3, 0.4) is 0 Å². The summed E-state index contributed by atoms with van der Waals surface area (Å²) in [6, 6.07) is 52.9. The molecule has 346 valence electrons. The Kier molecular flexibility index (Phi) is 14.5. The van der Waals surface area contributed by atoms with Gasteiger partial charge in [0.2, 0.25) is 0 Å². The van der Waals surface area contributed by atoms with Crippen molar-refractivity contribution in [2.24, 2.45) is 18.1 Å². The van der Waals surface area contributed by atoms with Gasteiger partial charge in [-0.2, -0.15) is 0 Å². The standard InChI is InChI=1S/C51H54N4O8P4/c1-9-56-64(57-45-24-10-17-38(2)31-45)52-65(58-46-25-11-18-39(3)32-46,59-47-26-12-19-40(4)33-47)54-67(62-50-29-15-22-43(7)36-50,63-51-30-16-23-44(8)37-51)55-66(53-64,60-48-27-13-20-41(5)34-48)61-49-28-14-21-42(6)35-49/h10-37H,9H2,1-8H3. The Labute approximate surface area is 394 Å². The highest BCUT2D eigenvalue weighted by Crippen LogP contribution is 2.79. The molecule has 0 fully saturated rings. The lowest BCUT2D eigenvalue weighted by molar-refractivity contribution is 0.323. The summed E-state index contributed by atoms with van der Waals surface area (Å²) < 4.78 is 79.5. The number of hydrogen-bond donors (Lipinski definition) is 0. The zero-order valence-electron chi connectivity index (χ0n) is 38.7. The van der Waals surface area contributed by atoms with E-state index in [9.17, 15) is 0 Å². The van der Waals surface area contributed by atoms with E-state index >= 15 is 0 Å². The minimum Gasteiger partial charge on any atom is -0.422 e. The maximum atomic E-state index is 7.22. The Bertz CT molecular complexity index is 2910. The third kappa shape index (κ3) is 12.5. The predicted molar refractivity (Wildman–Crippen MR) is 272 cm³/mol. The van der Waals surface area contributed by atoms with Crippen molar-refractivity contribution >= 4 is 30.6 Å². The molecule has 16 heteroatoms. The van der Waals surface area contributed by atoms with E-state index in [2.05, 4.69) is 0 Å². The van der Waals surface area contributed by atoms with Gasteiger partial charge in [0.1, 0.15) is 40.2 Å². The Morgan fingerprint density at radius 2 is 0.463 bits per heavy atom. The third-order valence-electron chi connectivity index (χ3n) is 9.70. The van der Waals surface area contributed by atoms with Crippen molar-refractivity contribution in [1.82, 2.24) is 0 Å². The first-order valence-corrected chi connectivity index (χ1v) is 27.9. The van der Waals surface area contributed by atoms with E-state index in [4.69, 9.17) is 54.3 Å². The van der Waals surface area contributed by atoms with Gasteiger partial charge in [0.25, 0.3) is 0 Å². The van der Waals surface area contributed by atoms with Gasteiger partial charge in [-0.1, -0.05) is 94.0 Å². The summed E-state index contributed by atoms with van der Waals surface area (Å²) in [6.45, 7) is 15.7. The Morgan fingerprint density at radius 3 is 0.657 bits per heavy atom. The molecular weight excluding hydrogens is 920 g/mol. The predicted octanol–water partition coefficient (Wildman–Crippen LogP) is 17.5. The fourth-order valence-corrected chi connectivity index (χ4v) is 19.0. The maximum Gasteiger partial charge on any atom is 0.460 e. The zero-order valence-corrected chi connectivity index (χ0v) is 42.3. The summed E-state index contributed by atoms with van der Waals surface area (Å²) >= 11 is 0. The molecule has 12 nitrogen and oxygen atoms in total. The van der Waals surface area contributed by atoms with Crippen LogP contribution in [0, 0.1) is 48.5 Å². The van der Waals surface area contributed by atoms with Crippen LogP contribution in [-0.2, 0) is 4.52 Å². The molecule has 0 aliphatic carbocycles. The van der Waals surface area contributed by atoms with Crippen LogP contribution in [0.15, 0.2) is 188 Å². The number of rotatable bonds is 16. The molecule has 0 aromatic heterocycles. The van der Waals surface area contributed by atoms with Crippen LogP contribution >= 0.6 is 30.6 Å². The molecule has 1 atom stereocenters. The number of nitrogens with zero attached hydrogens (tertiary/aromatic N) is 4. The van der Waals surface area contributed by atoms with Crippen LogP contribution in [0.2, 0.25) is 0 Å². The smallest absolute Gasteiger partial charge is 0.422 e. The van der Waals surface area contributed by atoms with Crippen molar-refractivity contribution in [3.05, 3.63) is 209 Å². The Morgan fingerprint density at radius 1 is 0.284 bits per heavy atom. The van der Waals surface area contributed by atoms with Crippen LogP contribution < -0.4 is 31.7 Å². The second-order valence-electron chi connectivity index (χ2n) is 16.1. The molecular formula is C51H54N4O8P4. The molecule has 0 spiro atoms. The van der Waals surface area contributed by atoms with Crippen LogP contribution in [0.5, 0.6) is 40.2 Å². The summed E-state index contributed by atoms with van der Waals surface area (Å²) in [6.07, 6.45) is 0. The summed E-state index contributed by atoms with van der Waals surface area (Å²) in [4.78, 5) is 0. The first kappa shape index (κ1) is 47.5.